The van der Waals surface area contributed by atoms with Gasteiger partial charge in [0.25, 0.3) is 5.56 Å². The highest BCUT2D eigenvalue weighted by Crippen LogP contribution is 2.10. The molecule has 0 unspecified atom stereocenters. The predicted octanol–water partition coefficient (Wildman–Crippen LogP) is 2.32. The highest BCUT2D eigenvalue weighted by molar-refractivity contribution is 5.78. The zero-order chi connectivity index (χ0) is 18.1. The molecule has 0 aromatic carbocycles. The van der Waals surface area contributed by atoms with Crippen LogP contribution >= 0.6 is 0 Å². The Balaban J connectivity index is 3.06. The molecule has 1 rings (SSSR count). The Morgan fingerprint density at radius 2 is 2.12 bits per heavy atom. The quantitative estimate of drug-likeness (QED) is 0.415. The highest BCUT2D eigenvalue weighted by atomic mass is 16.5. The smallest absolute Gasteiger partial charge is 0.258 e. The minimum atomic E-state index is -0.468. The number of nitrogens with zero attached hydrogens (tertiary/aromatic N) is 4. The van der Waals surface area contributed by atoms with E-state index in [1.165, 1.54) is 18.0 Å². The summed E-state index contributed by atoms with van der Waals surface area (Å²) < 4.78 is 6.58. The molecule has 0 saturated heterocycles. The Morgan fingerprint density at radius 3 is 2.67 bits per heavy atom. The van der Waals surface area contributed by atoms with Crippen LogP contribution in [0.4, 0.5) is 5.82 Å². The molecule has 0 amide bonds. The van der Waals surface area contributed by atoms with Crippen molar-refractivity contribution in [2.45, 2.75) is 53.1 Å². The molecular formula is C17H26N4O3. The molecular weight excluding hydrogens is 308 g/mol. The van der Waals surface area contributed by atoms with E-state index >= 15 is 0 Å². The first-order valence-electron chi connectivity index (χ1n) is 8.12. The third-order valence-corrected chi connectivity index (χ3v) is 3.76. The van der Waals surface area contributed by atoms with Crippen LogP contribution in [0.5, 0.6) is 0 Å². The lowest BCUT2D eigenvalue weighted by molar-refractivity contribution is -0.108. The van der Waals surface area contributed by atoms with Crippen molar-refractivity contribution in [1.29, 1.82) is 0 Å². The van der Waals surface area contributed by atoms with Crippen LogP contribution in [0.3, 0.4) is 0 Å². The zero-order valence-corrected chi connectivity index (χ0v) is 15.0. The van der Waals surface area contributed by atoms with Gasteiger partial charge in [0.15, 0.2) is 5.82 Å². The van der Waals surface area contributed by atoms with Gasteiger partial charge in [0.1, 0.15) is 25.2 Å². The van der Waals surface area contributed by atoms with Crippen LogP contribution in [-0.2, 0) is 16.1 Å². The molecule has 7 nitrogen and oxygen atoms in total. The molecule has 0 bridgehead atoms. The van der Waals surface area contributed by atoms with Crippen LogP contribution < -0.4 is 5.56 Å². The molecule has 0 aliphatic heterocycles. The number of hydrogen-bond acceptors (Lipinski definition) is 6. The van der Waals surface area contributed by atoms with Gasteiger partial charge in [0.2, 0.25) is 5.90 Å². The van der Waals surface area contributed by atoms with Crippen LogP contribution in [0.25, 0.3) is 0 Å². The summed E-state index contributed by atoms with van der Waals surface area (Å²) in [7, 11) is 1.46. The van der Waals surface area contributed by atoms with Crippen molar-refractivity contribution < 1.29 is 9.53 Å². The number of hydrogen-bond donors (Lipinski definition) is 0. The number of aromatic nitrogens is 2. The molecule has 24 heavy (non-hydrogen) atoms. The Bertz CT molecular complexity index is 664. The summed E-state index contributed by atoms with van der Waals surface area (Å²) in [5.41, 5.74) is 0.264. The molecule has 1 aromatic rings. The molecule has 132 valence electrons. The Morgan fingerprint density at radius 1 is 1.42 bits per heavy atom. The topological polar surface area (TPSA) is 85.9 Å². The van der Waals surface area contributed by atoms with E-state index in [-0.39, 0.29) is 12.1 Å². The Kier molecular flexibility index (Phi) is 8.01. The standard InChI is InChI=1S/C17H26N4O3/c1-6-12(3)8-18-16-13(4)17(23)21(11-19-16)9-15(24-5)20-14(7-2)10-22/h8,10-12,14H,6-7,9H2,1-5H3/t12-,14+/m0/s1. The maximum atomic E-state index is 12.4. The normalized spacial score (nSPS) is 14.6. The molecule has 1 aromatic heterocycles. The van der Waals surface area contributed by atoms with E-state index in [1.807, 2.05) is 6.92 Å². The minimum absolute atomic E-state index is 0.128. The maximum Gasteiger partial charge on any atom is 0.258 e. The number of aliphatic imine (C=N–C) groups is 2. The maximum absolute atomic E-state index is 12.4. The molecule has 0 radical (unpaired) electrons. The fraction of sp³-hybridized carbons (Fsp3) is 0.588. The lowest BCUT2D eigenvalue weighted by atomic mass is 10.1. The fourth-order valence-corrected chi connectivity index (χ4v) is 1.84. The van der Waals surface area contributed by atoms with Crippen LogP contribution in [0.15, 0.2) is 21.1 Å². The van der Waals surface area contributed by atoms with E-state index in [0.29, 0.717) is 29.6 Å². The van der Waals surface area contributed by atoms with Crippen molar-refractivity contribution in [3.63, 3.8) is 0 Å². The highest BCUT2D eigenvalue weighted by Gasteiger charge is 2.11. The van der Waals surface area contributed by atoms with Gasteiger partial charge in [-0.2, -0.15) is 0 Å². The summed E-state index contributed by atoms with van der Waals surface area (Å²) in [5, 5.41) is 0. The lowest BCUT2D eigenvalue weighted by Crippen LogP contribution is -2.27. The summed E-state index contributed by atoms with van der Waals surface area (Å²) >= 11 is 0. The molecule has 0 aliphatic rings. The van der Waals surface area contributed by atoms with E-state index in [1.54, 1.807) is 13.1 Å². The minimum Gasteiger partial charge on any atom is -0.483 e. The second-order valence-electron chi connectivity index (χ2n) is 5.63. The van der Waals surface area contributed by atoms with Crippen molar-refractivity contribution in [2.24, 2.45) is 15.9 Å². The molecule has 7 heteroatoms. The summed E-state index contributed by atoms with van der Waals surface area (Å²) in [6, 6.07) is -0.468. The van der Waals surface area contributed by atoms with E-state index < -0.39 is 6.04 Å². The summed E-state index contributed by atoms with van der Waals surface area (Å²) in [6.45, 7) is 7.81. The summed E-state index contributed by atoms with van der Waals surface area (Å²) in [4.78, 5) is 36.1. The average molecular weight is 334 g/mol. The van der Waals surface area contributed by atoms with Crippen molar-refractivity contribution >= 4 is 24.2 Å². The Labute approximate surface area is 142 Å². The molecule has 0 fully saturated rings. The molecule has 0 spiro atoms. The predicted molar refractivity (Wildman–Crippen MR) is 95.4 cm³/mol. The van der Waals surface area contributed by atoms with Crippen molar-refractivity contribution in [3.05, 3.63) is 22.2 Å². The van der Waals surface area contributed by atoms with E-state index in [4.69, 9.17) is 4.74 Å². The van der Waals surface area contributed by atoms with Gasteiger partial charge in [-0.1, -0.05) is 20.8 Å². The van der Waals surface area contributed by atoms with Gasteiger partial charge < -0.3 is 9.53 Å². The first-order valence-corrected chi connectivity index (χ1v) is 8.12. The zero-order valence-electron chi connectivity index (χ0n) is 15.0. The number of carbonyl (C=O) groups is 1. The number of aldehydes is 1. The van der Waals surface area contributed by atoms with Gasteiger partial charge in [-0.25, -0.2) is 15.0 Å². The number of methoxy groups -OCH3 is 1. The van der Waals surface area contributed by atoms with Crippen LogP contribution in [0.1, 0.15) is 39.2 Å². The van der Waals surface area contributed by atoms with E-state index in [0.717, 1.165) is 12.7 Å². The third kappa shape index (κ3) is 5.40. The monoisotopic (exact) mass is 334 g/mol. The van der Waals surface area contributed by atoms with Crippen LogP contribution in [0, 0.1) is 12.8 Å². The first-order chi connectivity index (χ1) is 11.5. The summed E-state index contributed by atoms with van der Waals surface area (Å²) in [5.74, 6) is 1.06. The third-order valence-electron chi connectivity index (χ3n) is 3.76. The largest absolute Gasteiger partial charge is 0.483 e. The Hall–Kier alpha value is -2.31. The van der Waals surface area contributed by atoms with Crippen LogP contribution in [-0.4, -0.2) is 41.1 Å². The second-order valence-corrected chi connectivity index (χ2v) is 5.63. The SMILES string of the molecule is CC[C@H](C)C=Nc1ncn(CC(=N[C@@H](C=O)CC)OC)c(=O)c1C. The molecule has 2 atom stereocenters. The van der Waals surface area contributed by atoms with E-state index in [9.17, 15) is 9.59 Å². The van der Waals surface area contributed by atoms with Crippen LogP contribution in [0.2, 0.25) is 0 Å². The molecule has 0 aliphatic carbocycles. The number of carbonyl (C=O) groups excluding carboxylic acids is 1. The van der Waals surface area contributed by atoms with E-state index in [2.05, 4.69) is 28.8 Å². The van der Waals surface area contributed by atoms with Gasteiger partial charge >= 0.3 is 0 Å². The average Bonchev–Trinajstić information content (AvgIpc) is 2.61. The fourth-order valence-electron chi connectivity index (χ4n) is 1.84. The van der Waals surface area contributed by atoms with Gasteiger partial charge in [-0.15, -0.1) is 0 Å². The first kappa shape index (κ1) is 19.7. The van der Waals surface area contributed by atoms with Crippen molar-refractivity contribution in [1.82, 2.24) is 9.55 Å². The number of ether oxygens (including phenoxy) is 1. The van der Waals surface area contributed by atoms with Crippen molar-refractivity contribution in [2.75, 3.05) is 7.11 Å². The van der Waals surface area contributed by atoms with Gasteiger partial charge in [-0.3, -0.25) is 9.36 Å². The lowest BCUT2D eigenvalue weighted by Gasteiger charge is -2.11. The van der Waals surface area contributed by atoms with Gasteiger partial charge in [0, 0.05) is 6.21 Å². The summed E-state index contributed by atoms with van der Waals surface area (Å²) in [6.07, 6.45) is 5.54. The molecule has 1 heterocycles. The van der Waals surface area contributed by atoms with Gasteiger partial charge in [0.05, 0.1) is 12.7 Å². The second kappa shape index (κ2) is 9.75. The number of rotatable bonds is 8. The van der Waals surface area contributed by atoms with Gasteiger partial charge in [-0.05, 0) is 25.7 Å². The molecule has 0 N–H and O–H groups in total. The van der Waals surface area contributed by atoms with Crippen molar-refractivity contribution in [3.8, 4) is 0 Å². The molecule has 0 saturated carbocycles.